The van der Waals surface area contributed by atoms with Gasteiger partial charge in [0.2, 0.25) is 0 Å². The highest BCUT2D eigenvalue weighted by molar-refractivity contribution is 5.95. The van der Waals surface area contributed by atoms with Crippen LogP contribution < -0.4 is 11.1 Å². The lowest BCUT2D eigenvalue weighted by molar-refractivity contribution is 0.0889. The molecule has 1 aliphatic rings. The molecule has 3 N–H and O–H groups in total. The van der Waals surface area contributed by atoms with E-state index in [4.69, 9.17) is 10.5 Å². The summed E-state index contributed by atoms with van der Waals surface area (Å²) < 4.78 is 18.4. The van der Waals surface area contributed by atoms with Crippen molar-refractivity contribution in [3.05, 3.63) is 29.6 Å². The van der Waals surface area contributed by atoms with E-state index < -0.39 is 5.82 Å². The molecule has 0 aliphatic carbocycles. The van der Waals surface area contributed by atoms with Gasteiger partial charge in [-0.3, -0.25) is 4.79 Å². The molecule has 1 fully saturated rings. The van der Waals surface area contributed by atoms with Crippen molar-refractivity contribution in [1.29, 1.82) is 0 Å². The molecule has 1 heterocycles. The van der Waals surface area contributed by atoms with Crippen LogP contribution in [0.5, 0.6) is 0 Å². The molecule has 1 aromatic carbocycles. The molecule has 0 aromatic heterocycles. The lowest BCUT2D eigenvalue weighted by atomic mass is 10.0. The Hall–Kier alpha value is -1.62. The minimum Gasteiger partial charge on any atom is -0.396 e. The van der Waals surface area contributed by atoms with E-state index in [1.807, 2.05) is 6.92 Å². The Kier molecular flexibility index (Phi) is 3.02. The van der Waals surface area contributed by atoms with Crippen molar-refractivity contribution in [2.24, 2.45) is 0 Å². The van der Waals surface area contributed by atoms with Crippen molar-refractivity contribution in [3.63, 3.8) is 0 Å². The van der Waals surface area contributed by atoms with Gasteiger partial charge < -0.3 is 15.8 Å². The second-order valence-corrected chi connectivity index (χ2v) is 4.55. The number of halogens is 1. The zero-order valence-corrected chi connectivity index (χ0v) is 9.63. The van der Waals surface area contributed by atoms with Crippen molar-refractivity contribution in [2.75, 3.05) is 18.9 Å². The fourth-order valence-electron chi connectivity index (χ4n) is 1.78. The van der Waals surface area contributed by atoms with E-state index in [0.29, 0.717) is 13.2 Å². The van der Waals surface area contributed by atoms with Crippen molar-refractivity contribution in [2.45, 2.75) is 18.9 Å². The van der Waals surface area contributed by atoms with Crippen molar-refractivity contribution < 1.29 is 13.9 Å². The van der Waals surface area contributed by atoms with E-state index in [9.17, 15) is 9.18 Å². The highest BCUT2D eigenvalue weighted by Crippen LogP contribution is 2.19. The third-order valence-corrected chi connectivity index (χ3v) is 2.90. The number of ether oxygens (including phenoxy) is 1. The number of nitrogens with two attached hydrogens (primary N) is 1. The summed E-state index contributed by atoms with van der Waals surface area (Å²) in [7, 11) is 0. The second-order valence-electron chi connectivity index (χ2n) is 4.55. The number of benzene rings is 1. The number of hydrogen-bond donors (Lipinski definition) is 2. The number of carbonyl (C=O) groups excluding carboxylic acids is 1. The first-order valence-corrected chi connectivity index (χ1v) is 5.45. The number of nitrogens with one attached hydrogen (secondary N) is 1. The SMILES string of the molecule is CC1(NC(=O)c2ccc(N)c(F)c2)CCOC1. The number of hydrogen-bond acceptors (Lipinski definition) is 3. The van der Waals surface area contributed by atoms with Crippen LogP contribution in [0.25, 0.3) is 0 Å². The normalized spacial score (nSPS) is 23.6. The summed E-state index contributed by atoms with van der Waals surface area (Å²) in [6, 6.07) is 4.04. The molecule has 1 unspecified atom stereocenters. The molecule has 1 aliphatic heterocycles. The molecule has 0 spiro atoms. The Balaban J connectivity index is 2.11. The Morgan fingerprint density at radius 1 is 1.59 bits per heavy atom. The van der Waals surface area contributed by atoms with Gasteiger partial charge in [-0.05, 0) is 31.5 Å². The maximum Gasteiger partial charge on any atom is 0.251 e. The fraction of sp³-hybridized carbons (Fsp3) is 0.417. The monoisotopic (exact) mass is 238 g/mol. The Bertz CT molecular complexity index is 442. The number of nitrogen functional groups attached to an aromatic ring is 1. The molecule has 92 valence electrons. The molecule has 0 radical (unpaired) electrons. The average molecular weight is 238 g/mol. The van der Waals surface area contributed by atoms with Crippen molar-refractivity contribution in [1.82, 2.24) is 5.32 Å². The molecule has 1 atom stereocenters. The molecule has 0 saturated carbocycles. The largest absolute Gasteiger partial charge is 0.396 e. The van der Waals surface area contributed by atoms with Crippen LogP contribution in [0.4, 0.5) is 10.1 Å². The molecule has 5 heteroatoms. The molecule has 1 aromatic rings. The quantitative estimate of drug-likeness (QED) is 0.764. The highest BCUT2D eigenvalue weighted by atomic mass is 19.1. The van der Waals surface area contributed by atoms with E-state index in [1.54, 1.807) is 0 Å². The van der Waals surface area contributed by atoms with Gasteiger partial charge in [0.1, 0.15) is 5.82 Å². The lowest BCUT2D eigenvalue weighted by Gasteiger charge is -2.23. The number of amides is 1. The summed E-state index contributed by atoms with van der Waals surface area (Å²) in [6.07, 6.45) is 0.760. The van der Waals surface area contributed by atoms with Gasteiger partial charge in [-0.1, -0.05) is 0 Å². The fourth-order valence-corrected chi connectivity index (χ4v) is 1.78. The van der Waals surface area contributed by atoms with Crippen LogP contribution in [-0.2, 0) is 4.74 Å². The van der Waals surface area contributed by atoms with Gasteiger partial charge in [0.25, 0.3) is 5.91 Å². The predicted molar refractivity (Wildman–Crippen MR) is 62.1 cm³/mol. The minimum absolute atomic E-state index is 0.0389. The zero-order chi connectivity index (χ0) is 12.5. The summed E-state index contributed by atoms with van der Waals surface area (Å²) in [6.45, 7) is 3.02. The van der Waals surface area contributed by atoms with Gasteiger partial charge in [-0.15, -0.1) is 0 Å². The minimum atomic E-state index is -0.578. The topological polar surface area (TPSA) is 64.4 Å². The molecule has 0 bridgehead atoms. The van der Waals surface area contributed by atoms with Crippen LogP contribution in [0, 0.1) is 5.82 Å². The zero-order valence-electron chi connectivity index (χ0n) is 9.63. The molecular weight excluding hydrogens is 223 g/mol. The first-order valence-electron chi connectivity index (χ1n) is 5.45. The Morgan fingerprint density at radius 2 is 2.35 bits per heavy atom. The van der Waals surface area contributed by atoms with Crippen LogP contribution in [0.1, 0.15) is 23.7 Å². The second kappa shape index (κ2) is 4.33. The Labute approximate surface area is 98.9 Å². The summed E-state index contributed by atoms with van der Waals surface area (Å²) >= 11 is 0. The van der Waals surface area contributed by atoms with Gasteiger partial charge >= 0.3 is 0 Å². The standard InChI is InChI=1S/C12H15FN2O2/c1-12(4-5-17-7-12)15-11(16)8-2-3-10(14)9(13)6-8/h2-3,6H,4-5,7,14H2,1H3,(H,15,16). The first kappa shape index (κ1) is 11.9. The van der Waals surface area contributed by atoms with Gasteiger partial charge in [-0.25, -0.2) is 4.39 Å². The van der Waals surface area contributed by atoms with Crippen LogP contribution in [0.3, 0.4) is 0 Å². The number of anilines is 1. The average Bonchev–Trinajstić information content (AvgIpc) is 2.69. The molecule has 2 rings (SSSR count). The smallest absolute Gasteiger partial charge is 0.251 e. The van der Waals surface area contributed by atoms with E-state index in [2.05, 4.69) is 5.32 Å². The molecule has 17 heavy (non-hydrogen) atoms. The third kappa shape index (κ3) is 2.55. The van der Waals surface area contributed by atoms with Gasteiger partial charge in [0.05, 0.1) is 17.8 Å². The lowest BCUT2D eigenvalue weighted by Crippen LogP contribution is -2.46. The number of rotatable bonds is 2. The number of carbonyl (C=O) groups is 1. The highest BCUT2D eigenvalue weighted by Gasteiger charge is 2.31. The molecule has 4 nitrogen and oxygen atoms in total. The molecule has 1 saturated heterocycles. The van der Waals surface area contributed by atoms with Crippen molar-refractivity contribution in [3.8, 4) is 0 Å². The van der Waals surface area contributed by atoms with Gasteiger partial charge in [-0.2, -0.15) is 0 Å². The van der Waals surface area contributed by atoms with Gasteiger partial charge in [0, 0.05) is 12.2 Å². The van der Waals surface area contributed by atoms with E-state index in [0.717, 1.165) is 12.5 Å². The maximum atomic E-state index is 13.2. The van der Waals surface area contributed by atoms with Crippen LogP contribution >= 0.6 is 0 Å². The molecular formula is C12H15FN2O2. The predicted octanol–water partition coefficient (Wildman–Crippen LogP) is 1.32. The van der Waals surface area contributed by atoms with Crippen LogP contribution in [-0.4, -0.2) is 24.7 Å². The molecule has 1 amide bonds. The Morgan fingerprint density at radius 3 is 2.94 bits per heavy atom. The third-order valence-electron chi connectivity index (χ3n) is 2.90. The van der Waals surface area contributed by atoms with Crippen LogP contribution in [0.2, 0.25) is 0 Å². The van der Waals surface area contributed by atoms with E-state index >= 15 is 0 Å². The van der Waals surface area contributed by atoms with Gasteiger partial charge in [0.15, 0.2) is 0 Å². The van der Waals surface area contributed by atoms with E-state index in [-0.39, 0.29) is 22.7 Å². The van der Waals surface area contributed by atoms with Crippen LogP contribution in [0.15, 0.2) is 18.2 Å². The van der Waals surface area contributed by atoms with E-state index in [1.165, 1.54) is 12.1 Å². The first-order chi connectivity index (χ1) is 8.00. The maximum absolute atomic E-state index is 13.2. The summed E-state index contributed by atoms with van der Waals surface area (Å²) in [5.74, 6) is -0.887. The summed E-state index contributed by atoms with van der Waals surface area (Å²) in [5, 5.41) is 2.85. The summed E-state index contributed by atoms with van der Waals surface area (Å²) in [5.41, 5.74) is 5.29. The van der Waals surface area contributed by atoms with Crippen molar-refractivity contribution >= 4 is 11.6 Å². The summed E-state index contributed by atoms with van der Waals surface area (Å²) in [4.78, 5) is 11.9.